The maximum absolute atomic E-state index is 12.9. The van der Waals surface area contributed by atoms with Gasteiger partial charge in [0.25, 0.3) is 0 Å². The van der Waals surface area contributed by atoms with Crippen LogP contribution in [0.2, 0.25) is 0 Å². The standard InChI is InChI=1S/C18H15FO/c19-15-8-6-13(7-9-15)12-17-16(10-11-18(17)20)14-4-2-1-3-5-14/h1-9,12,16H,10-11H2/b17-12+/t16-/m1/s1. The number of Topliss-reactive ketones (excluding diaryl/α,β-unsaturated/α-hetero) is 1. The quantitative estimate of drug-likeness (QED) is 0.738. The minimum absolute atomic E-state index is 0.161. The molecule has 0 aliphatic heterocycles. The van der Waals surface area contributed by atoms with Gasteiger partial charge in [0.05, 0.1) is 0 Å². The van der Waals surface area contributed by atoms with Gasteiger partial charge in [-0.25, -0.2) is 4.39 Å². The van der Waals surface area contributed by atoms with Crippen molar-refractivity contribution in [3.8, 4) is 0 Å². The zero-order chi connectivity index (χ0) is 13.9. The number of rotatable bonds is 2. The Labute approximate surface area is 117 Å². The van der Waals surface area contributed by atoms with Crippen LogP contribution < -0.4 is 0 Å². The third-order valence-electron chi connectivity index (χ3n) is 3.75. The van der Waals surface area contributed by atoms with Crippen LogP contribution in [0.5, 0.6) is 0 Å². The third-order valence-corrected chi connectivity index (χ3v) is 3.75. The largest absolute Gasteiger partial charge is 0.295 e. The Morgan fingerprint density at radius 1 is 1.00 bits per heavy atom. The molecule has 0 unspecified atom stereocenters. The van der Waals surface area contributed by atoms with Crippen molar-refractivity contribution in [3.05, 3.63) is 77.1 Å². The molecule has 1 fully saturated rings. The predicted octanol–water partition coefficient (Wildman–Crippen LogP) is 4.36. The van der Waals surface area contributed by atoms with Crippen LogP contribution in [0, 0.1) is 5.82 Å². The molecule has 1 atom stereocenters. The van der Waals surface area contributed by atoms with Crippen molar-refractivity contribution >= 4 is 11.9 Å². The first-order chi connectivity index (χ1) is 9.74. The van der Waals surface area contributed by atoms with E-state index in [1.165, 1.54) is 17.7 Å². The number of hydrogen-bond acceptors (Lipinski definition) is 1. The second kappa shape index (κ2) is 5.41. The average Bonchev–Trinajstić information content (AvgIpc) is 2.84. The lowest BCUT2D eigenvalue weighted by Gasteiger charge is -2.11. The molecule has 0 spiro atoms. The van der Waals surface area contributed by atoms with Crippen molar-refractivity contribution in [2.75, 3.05) is 0 Å². The normalized spacial score (nSPS) is 20.6. The molecule has 1 saturated carbocycles. The summed E-state index contributed by atoms with van der Waals surface area (Å²) in [7, 11) is 0. The van der Waals surface area contributed by atoms with Crippen molar-refractivity contribution in [1.82, 2.24) is 0 Å². The van der Waals surface area contributed by atoms with E-state index in [9.17, 15) is 9.18 Å². The number of ketones is 1. The summed E-state index contributed by atoms with van der Waals surface area (Å²) in [4.78, 5) is 12.1. The molecule has 0 bridgehead atoms. The van der Waals surface area contributed by atoms with E-state index >= 15 is 0 Å². The summed E-state index contributed by atoms with van der Waals surface area (Å²) in [6.45, 7) is 0. The highest BCUT2D eigenvalue weighted by Gasteiger charge is 2.29. The fourth-order valence-corrected chi connectivity index (χ4v) is 2.72. The SMILES string of the molecule is O=C1CC[C@H](c2ccccc2)/C1=C\c1ccc(F)cc1. The minimum Gasteiger partial charge on any atom is -0.295 e. The lowest BCUT2D eigenvalue weighted by molar-refractivity contribution is -0.114. The molecule has 20 heavy (non-hydrogen) atoms. The number of allylic oxidation sites excluding steroid dienone is 1. The van der Waals surface area contributed by atoms with E-state index in [1.807, 2.05) is 24.3 Å². The second-order valence-electron chi connectivity index (χ2n) is 5.08. The van der Waals surface area contributed by atoms with Crippen molar-refractivity contribution in [3.63, 3.8) is 0 Å². The van der Waals surface area contributed by atoms with E-state index in [4.69, 9.17) is 0 Å². The summed E-state index contributed by atoms with van der Waals surface area (Å²) >= 11 is 0. The molecule has 0 amide bonds. The summed E-state index contributed by atoms with van der Waals surface area (Å²) in [5.41, 5.74) is 2.88. The van der Waals surface area contributed by atoms with Gasteiger partial charge in [-0.1, -0.05) is 42.5 Å². The minimum atomic E-state index is -0.260. The highest BCUT2D eigenvalue weighted by molar-refractivity contribution is 6.03. The zero-order valence-corrected chi connectivity index (χ0v) is 11.1. The molecule has 2 aromatic rings. The van der Waals surface area contributed by atoms with Gasteiger partial charge in [0, 0.05) is 17.9 Å². The molecule has 0 radical (unpaired) electrons. The lowest BCUT2D eigenvalue weighted by atomic mass is 9.92. The van der Waals surface area contributed by atoms with Gasteiger partial charge in [-0.05, 0) is 35.8 Å². The number of halogens is 1. The molecule has 0 heterocycles. The lowest BCUT2D eigenvalue weighted by Crippen LogP contribution is -2.00. The number of benzene rings is 2. The van der Waals surface area contributed by atoms with Crippen molar-refractivity contribution in [2.45, 2.75) is 18.8 Å². The van der Waals surface area contributed by atoms with Crippen LogP contribution in [0.4, 0.5) is 4.39 Å². The van der Waals surface area contributed by atoms with E-state index < -0.39 is 0 Å². The summed E-state index contributed by atoms with van der Waals surface area (Å²) in [6, 6.07) is 16.3. The molecular weight excluding hydrogens is 251 g/mol. The maximum atomic E-state index is 12.9. The Morgan fingerprint density at radius 2 is 1.70 bits per heavy atom. The fraction of sp³-hybridized carbons (Fsp3) is 0.167. The molecule has 2 heteroatoms. The highest BCUT2D eigenvalue weighted by atomic mass is 19.1. The first-order valence-corrected chi connectivity index (χ1v) is 6.79. The molecule has 2 aromatic carbocycles. The Balaban J connectivity index is 1.96. The molecule has 1 aliphatic carbocycles. The Bertz CT molecular complexity index is 641. The second-order valence-corrected chi connectivity index (χ2v) is 5.08. The Hall–Kier alpha value is -2.22. The first-order valence-electron chi connectivity index (χ1n) is 6.79. The monoisotopic (exact) mass is 266 g/mol. The van der Waals surface area contributed by atoms with Gasteiger partial charge < -0.3 is 0 Å². The Kier molecular flexibility index (Phi) is 3.46. The molecule has 100 valence electrons. The zero-order valence-electron chi connectivity index (χ0n) is 11.1. The van der Waals surface area contributed by atoms with Crippen molar-refractivity contribution in [1.29, 1.82) is 0 Å². The van der Waals surface area contributed by atoms with Crippen LogP contribution in [0.25, 0.3) is 6.08 Å². The van der Waals surface area contributed by atoms with Gasteiger partial charge in [-0.15, -0.1) is 0 Å². The number of carbonyl (C=O) groups excluding carboxylic acids is 1. The molecule has 3 rings (SSSR count). The van der Waals surface area contributed by atoms with Gasteiger partial charge in [-0.3, -0.25) is 4.79 Å². The molecule has 0 N–H and O–H groups in total. The Morgan fingerprint density at radius 3 is 2.40 bits per heavy atom. The maximum Gasteiger partial charge on any atom is 0.159 e. The number of carbonyl (C=O) groups is 1. The smallest absolute Gasteiger partial charge is 0.159 e. The van der Waals surface area contributed by atoms with Crippen LogP contribution in [0.1, 0.15) is 29.9 Å². The molecule has 1 aliphatic rings. The van der Waals surface area contributed by atoms with Crippen LogP contribution >= 0.6 is 0 Å². The molecule has 0 saturated heterocycles. The summed E-state index contributed by atoms with van der Waals surface area (Å²) in [5, 5.41) is 0. The summed E-state index contributed by atoms with van der Waals surface area (Å²) < 4.78 is 12.9. The van der Waals surface area contributed by atoms with E-state index in [1.54, 1.807) is 12.1 Å². The van der Waals surface area contributed by atoms with Gasteiger partial charge in [0.15, 0.2) is 5.78 Å². The summed E-state index contributed by atoms with van der Waals surface area (Å²) in [5.74, 6) is 0.0986. The first kappa shape index (κ1) is 12.8. The molecule has 0 aromatic heterocycles. The molecular formula is C18H15FO. The third kappa shape index (κ3) is 2.55. The molecule has 1 nitrogen and oxygen atoms in total. The predicted molar refractivity (Wildman–Crippen MR) is 77.8 cm³/mol. The van der Waals surface area contributed by atoms with Crippen molar-refractivity contribution < 1.29 is 9.18 Å². The van der Waals surface area contributed by atoms with Gasteiger partial charge in [0.1, 0.15) is 5.82 Å². The van der Waals surface area contributed by atoms with Crippen LogP contribution in [-0.4, -0.2) is 5.78 Å². The highest BCUT2D eigenvalue weighted by Crippen LogP contribution is 2.37. The van der Waals surface area contributed by atoms with Gasteiger partial charge in [0.2, 0.25) is 0 Å². The van der Waals surface area contributed by atoms with E-state index in [2.05, 4.69) is 12.1 Å². The topological polar surface area (TPSA) is 17.1 Å². The fourth-order valence-electron chi connectivity index (χ4n) is 2.72. The van der Waals surface area contributed by atoms with Crippen LogP contribution in [0.15, 0.2) is 60.2 Å². The van der Waals surface area contributed by atoms with E-state index in [0.717, 1.165) is 17.6 Å². The van der Waals surface area contributed by atoms with Crippen LogP contribution in [0.3, 0.4) is 0 Å². The number of hydrogen-bond donors (Lipinski definition) is 0. The van der Waals surface area contributed by atoms with Gasteiger partial charge >= 0.3 is 0 Å². The van der Waals surface area contributed by atoms with Crippen molar-refractivity contribution in [2.24, 2.45) is 0 Å². The van der Waals surface area contributed by atoms with Crippen LogP contribution in [-0.2, 0) is 4.79 Å². The average molecular weight is 266 g/mol. The summed E-state index contributed by atoms with van der Waals surface area (Å²) in [6.07, 6.45) is 3.34. The van der Waals surface area contributed by atoms with E-state index in [-0.39, 0.29) is 17.5 Å². The van der Waals surface area contributed by atoms with E-state index in [0.29, 0.717) is 6.42 Å². The van der Waals surface area contributed by atoms with Gasteiger partial charge in [-0.2, -0.15) is 0 Å².